The van der Waals surface area contributed by atoms with E-state index in [4.69, 9.17) is 4.74 Å². The molecule has 3 rings (SSSR count). The predicted molar refractivity (Wildman–Crippen MR) is 105 cm³/mol. The lowest BCUT2D eigenvalue weighted by atomic mass is 9.88. The monoisotopic (exact) mass is 371 g/mol. The number of hydrogen-bond acceptors (Lipinski definition) is 4. The molecule has 1 aliphatic rings. The first-order valence-electron chi connectivity index (χ1n) is 9.13. The molecule has 0 bridgehead atoms. The fraction of sp³-hybridized carbons (Fsp3) is 0.429. The van der Waals surface area contributed by atoms with Gasteiger partial charge >= 0.3 is 5.97 Å². The molecule has 1 N–H and O–H groups in total. The number of esters is 1. The van der Waals surface area contributed by atoms with Crippen molar-refractivity contribution in [2.75, 3.05) is 12.4 Å². The molecule has 0 spiro atoms. The molecule has 2 atom stereocenters. The number of amides is 1. The number of carbonyl (C=O) groups is 2. The highest BCUT2D eigenvalue weighted by atomic mass is 32.1. The summed E-state index contributed by atoms with van der Waals surface area (Å²) in [7, 11) is 1.39. The van der Waals surface area contributed by atoms with E-state index in [9.17, 15) is 9.59 Å². The molecule has 5 heteroatoms. The molecule has 26 heavy (non-hydrogen) atoms. The van der Waals surface area contributed by atoms with Gasteiger partial charge < -0.3 is 10.1 Å². The van der Waals surface area contributed by atoms with Crippen LogP contribution in [0.1, 0.15) is 59.0 Å². The standard InChI is InChI=1S/C21H25NO3S/c1-4-15(14-8-6-5-7-9-14)19(23)22-20-18(21(24)25-3)16-11-10-13(2)12-17(16)26-20/h5-9,13,15H,4,10-12H2,1-3H3,(H,22,23)/t13-,15+/m0/s1. The lowest BCUT2D eigenvalue weighted by Gasteiger charge is -2.18. The minimum Gasteiger partial charge on any atom is -0.465 e. The van der Waals surface area contributed by atoms with Crippen LogP contribution in [0.15, 0.2) is 30.3 Å². The van der Waals surface area contributed by atoms with Gasteiger partial charge in [0.1, 0.15) is 5.00 Å². The Labute approximate surface area is 158 Å². The Kier molecular flexibility index (Phi) is 5.77. The van der Waals surface area contributed by atoms with E-state index in [0.717, 1.165) is 30.4 Å². The highest BCUT2D eigenvalue weighted by Crippen LogP contribution is 2.40. The third-order valence-electron chi connectivity index (χ3n) is 5.06. The van der Waals surface area contributed by atoms with Gasteiger partial charge in [-0.25, -0.2) is 4.79 Å². The summed E-state index contributed by atoms with van der Waals surface area (Å²) in [6.45, 7) is 4.22. The summed E-state index contributed by atoms with van der Waals surface area (Å²) in [6, 6.07) is 9.76. The first-order chi connectivity index (χ1) is 12.5. The van der Waals surface area contributed by atoms with Crippen molar-refractivity contribution in [1.82, 2.24) is 0 Å². The molecule has 1 heterocycles. The quantitative estimate of drug-likeness (QED) is 0.769. The SMILES string of the molecule is CC[C@@H](C(=O)Nc1sc2c(c1C(=O)OC)CC[C@H](C)C2)c1ccccc1. The number of fused-ring (bicyclic) bond motifs is 1. The Morgan fingerprint density at radius 3 is 2.69 bits per heavy atom. The van der Waals surface area contributed by atoms with Crippen LogP contribution in [0.5, 0.6) is 0 Å². The summed E-state index contributed by atoms with van der Waals surface area (Å²) >= 11 is 1.53. The zero-order valence-electron chi connectivity index (χ0n) is 15.5. The number of thiophene rings is 1. The average Bonchev–Trinajstić information content (AvgIpc) is 2.99. The number of anilines is 1. The van der Waals surface area contributed by atoms with Crippen LogP contribution in [0.3, 0.4) is 0 Å². The number of nitrogens with one attached hydrogen (secondary N) is 1. The second-order valence-corrected chi connectivity index (χ2v) is 8.01. The van der Waals surface area contributed by atoms with Crippen molar-refractivity contribution >= 4 is 28.2 Å². The van der Waals surface area contributed by atoms with E-state index < -0.39 is 0 Å². The Hall–Kier alpha value is -2.14. The lowest BCUT2D eigenvalue weighted by molar-refractivity contribution is -0.117. The van der Waals surface area contributed by atoms with Gasteiger partial charge in [-0.3, -0.25) is 4.79 Å². The third kappa shape index (κ3) is 3.68. The highest BCUT2D eigenvalue weighted by molar-refractivity contribution is 7.17. The number of ether oxygens (including phenoxy) is 1. The molecule has 4 nitrogen and oxygen atoms in total. The minimum atomic E-state index is -0.361. The zero-order chi connectivity index (χ0) is 18.7. The normalized spacial score (nSPS) is 17.3. The first kappa shape index (κ1) is 18.6. The minimum absolute atomic E-state index is 0.0736. The number of carbonyl (C=O) groups excluding carboxylic acids is 2. The van der Waals surface area contributed by atoms with Gasteiger partial charge in [0, 0.05) is 4.88 Å². The fourth-order valence-corrected chi connectivity index (χ4v) is 5.02. The number of hydrogen-bond donors (Lipinski definition) is 1. The van der Waals surface area contributed by atoms with Gasteiger partial charge in [0.15, 0.2) is 0 Å². The second-order valence-electron chi connectivity index (χ2n) is 6.91. The lowest BCUT2D eigenvalue weighted by Crippen LogP contribution is -2.21. The van der Waals surface area contributed by atoms with E-state index in [1.54, 1.807) is 0 Å². The summed E-state index contributed by atoms with van der Waals surface area (Å²) < 4.78 is 5.00. The van der Waals surface area contributed by atoms with Crippen LogP contribution in [-0.4, -0.2) is 19.0 Å². The number of methoxy groups -OCH3 is 1. The second kappa shape index (κ2) is 8.04. The van der Waals surface area contributed by atoms with Crippen molar-refractivity contribution in [3.63, 3.8) is 0 Å². The maximum atomic E-state index is 12.9. The van der Waals surface area contributed by atoms with Gasteiger partial charge in [-0.1, -0.05) is 44.2 Å². The summed E-state index contributed by atoms with van der Waals surface area (Å²) in [4.78, 5) is 26.5. The average molecular weight is 372 g/mol. The van der Waals surface area contributed by atoms with Gasteiger partial charge in [0.05, 0.1) is 18.6 Å². The molecule has 0 saturated heterocycles. The van der Waals surface area contributed by atoms with Gasteiger partial charge in [-0.15, -0.1) is 11.3 Å². The Morgan fingerprint density at radius 2 is 2.04 bits per heavy atom. The molecule has 0 saturated carbocycles. The van der Waals surface area contributed by atoms with Crippen LogP contribution >= 0.6 is 11.3 Å². The van der Waals surface area contributed by atoms with Crippen LogP contribution in [-0.2, 0) is 22.4 Å². The van der Waals surface area contributed by atoms with Crippen molar-refractivity contribution in [3.05, 3.63) is 51.9 Å². The van der Waals surface area contributed by atoms with E-state index in [1.165, 1.54) is 23.3 Å². The number of rotatable bonds is 5. The van der Waals surface area contributed by atoms with E-state index in [2.05, 4.69) is 12.2 Å². The molecule has 2 aromatic rings. The molecular formula is C21H25NO3S. The van der Waals surface area contributed by atoms with Crippen molar-refractivity contribution in [3.8, 4) is 0 Å². The first-order valence-corrected chi connectivity index (χ1v) is 9.95. The van der Waals surface area contributed by atoms with E-state index >= 15 is 0 Å². The van der Waals surface area contributed by atoms with Crippen LogP contribution in [0.2, 0.25) is 0 Å². The Bertz CT molecular complexity index is 797. The fourth-order valence-electron chi connectivity index (χ4n) is 3.61. The third-order valence-corrected chi connectivity index (χ3v) is 6.23. The molecule has 138 valence electrons. The molecule has 1 aromatic heterocycles. The summed E-state index contributed by atoms with van der Waals surface area (Å²) in [6.07, 6.45) is 3.58. The topological polar surface area (TPSA) is 55.4 Å². The van der Waals surface area contributed by atoms with Crippen LogP contribution < -0.4 is 5.32 Å². The Morgan fingerprint density at radius 1 is 1.31 bits per heavy atom. The smallest absolute Gasteiger partial charge is 0.341 e. The van der Waals surface area contributed by atoms with Crippen LogP contribution in [0.4, 0.5) is 5.00 Å². The Balaban J connectivity index is 1.91. The van der Waals surface area contributed by atoms with Crippen LogP contribution in [0.25, 0.3) is 0 Å². The maximum absolute atomic E-state index is 12.9. The molecule has 1 aromatic carbocycles. The van der Waals surface area contributed by atoms with Gasteiger partial charge in [-0.2, -0.15) is 0 Å². The van der Waals surface area contributed by atoms with E-state index in [1.807, 2.05) is 37.3 Å². The summed E-state index contributed by atoms with van der Waals surface area (Å²) in [5, 5.41) is 3.66. The van der Waals surface area contributed by atoms with Gasteiger partial charge in [0.2, 0.25) is 5.91 Å². The molecule has 0 radical (unpaired) electrons. The largest absolute Gasteiger partial charge is 0.465 e. The highest BCUT2D eigenvalue weighted by Gasteiger charge is 2.30. The zero-order valence-corrected chi connectivity index (χ0v) is 16.3. The molecule has 0 aliphatic heterocycles. The van der Waals surface area contributed by atoms with Gasteiger partial charge in [0.25, 0.3) is 0 Å². The van der Waals surface area contributed by atoms with Crippen molar-refractivity contribution in [2.24, 2.45) is 5.92 Å². The molecule has 0 fully saturated rings. The van der Waals surface area contributed by atoms with Crippen LogP contribution in [0, 0.1) is 5.92 Å². The summed E-state index contributed by atoms with van der Waals surface area (Å²) in [5.74, 6) is -0.0710. The maximum Gasteiger partial charge on any atom is 0.341 e. The molecule has 1 aliphatic carbocycles. The van der Waals surface area contributed by atoms with E-state index in [0.29, 0.717) is 22.9 Å². The summed E-state index contributed by atoms with van der Waals surface area (Å²) in [5.41, 5.74) is 2.60. The van der Waals surface area contributed by atoms with Crippen molar-refractivity contribution < 1.29 is 14.3 Å². The predicted octanol–water partition coefficient (Wildman–Crippen LogP) is 4.79. The van der Waals surface area contributed by atoms with Crippen molar-refractivity contribution in [1.29, 1.82) is 0 Å². The van der Waals surface area contributed by atoms with E-state index in [-0.39, 0.29) is 17.8 Å². The number of benzene rings is 1. The van der Waals surface area contributed by atoms with Gasteiger partial charge in [-0.05, 0) is 42.7 Å². The molecule has 0 unspecified atom stereocenters. The molecular weight excluding hydrogens is 346 g/mol. The molecule has 1 amide bonds. The van der Waals surface area contributed by atoms with Crippen molar-refractivity contribution in [2.45, 2.75) is 45.4 Å².